The Morgan fingerprint density at radius 3 is 2.54 bits per heavy atom. The summed E-state index contributed by atoms with van der Waals surface area (Å²) in [5.41, 5.74) is 1.17. The van der Waals surface area contributed by atoms with Crippen molar-refractivity contribution in [3.63, 3.8) is 0 Å². The number of ether oxygens (including phenoxy) is 1. The van der Waals surface area contributed by atoms with Gasteiger partial charge in [0.05, 0.1) is 23.9 Å². The number of rotatable bonds is 2. The Morgan fingerprint density at radius 1 is 1.19 bits per heavy atom. The van der Waals surface area contributed by atoms with Gasteiger partial charge in [-0.05, 0) is 36.2 Å². The standard InChI is InChI=1S/C20H23FO4S/c1-12-5-8-17-14(9-12)18(13-6-7-15(21)16(10-13)25-4)19(22)20(2,3)11-26(17,23)24/h5-10,18-19,22H,11H2,1-4H3/t18-,19-/m1/s1. The topological polar surface area (TPSA) is 63.6 Å². The van der Waals surface area contributed by atoms with E-state index in [2.05, 4.69) is 0 Å². The normalized spacial score (nSPS) is 23.8. The highest BCUT2D eigenvalue weighted by atomic mass is 32.2. The van der Waals surface area contributed by atoms with Crippen molar-refractivity contribution in [2.75, 3.05) is 12.9 Å². The van der Waals surface area contributed by atoms with Gasteiger partial charge in [0.2, 0.25) is 0 Å². The fourth-order valence-electron chi connectivity index (χ4n) is 3.70. The first kappa shape index (κ1) is 18.9. The molecule has 1 aliphatic rings. The number of benzene rings is 2. The lowest BCUT2D eigenvalue weighted by atomic mass is 9.75. The van der Waals surface area contributed by atoms with E-state index in [4.69, 9.17) is 4.74 Å². The Bertz CT molecular complexity index is 950. The molecular formula is C20H23FO4S. The van der Waals surface area contributed by atoms with Gasteiger partial charge in [0.15, 0.2) is 21.4 Å². The Kier molecular flexibility index (Phi) is 4.61. The van der Waals surface area contributed by atoms with Gasteiger partial charge in [-0.3, -0.25) is 0 Å². The molecule has 140 valence electrons. The summed E-state index contributed by atoms with van der Waals surface area (Å²) in [6, 6.07) is 9.53. The monoisotopic (exact) mass is 378 g/mol. The minimum atomic E-state index is -3.57. The predicted octanol–water partition coefficient (Wildman–Crippen LogP) is 3.45. The summed E-state index contributed by atoms with van der Waals surface area (Å²) in [6.07, 6.45) is -0.963. The van der Waals surface area contributed by atoms with Gasteiger partial charge in [0, 0.05) is 11.3 Å². The minimum absolute atomic E-state index is 0.0637. The number of hydrogen-bond acceptors (Lipinski definition) is 4. The van der Waals surface area contributed by atoms with Crippen molar-refractivity contribution in [2.45, 2.75) is 37.7 Å². The number of aliphatic hydroxyl groups is 1. The van der Waals surface area contributed by atoms with Crippen LogP contribution in [0.5, 0.6) is 5.75 Å². The molecule has 0 spiro atoms. The molecule has 1 aliphatic heterocycles. The maximum atomic E-state index is 13.9. The number of methoxy groups -OCH3 is 1. The zero-order valence-electron chi connectivity index (χ0n) is 15.3. The zero-order valence-corrected chi connectivity index (χ0v) is 16.1. The van der Waals surface area contributed by atoms with Crippen molar-refractivity contribution in [3.8, 4) is 5.75 Å². The van der Waals surface area contributed by atoms with Gasteiger partial charge in [0.25, 0.3) is 0 Å². The van der Waals surface area contributed by atoms with E-state index in [1.807, 2.05) is 6.92 Å². The highest BCUT2D eigenvalue weighted by Crippen LogP contribution is 2.45. The van der Waals surface area contributed by atoms with E-state index in [1.165, 1.54) is 19.2 Å². The zero-order chi connectivity index (χ0) is 19.3. The molecule has 2 atom stereocenters. The second kappa shape index (κ2) is 6.35. The lowest BCUT2D eigenvalue weighted by molar-refractivity contribution is 0.0520. The molecule has 1 heterocycles. The summed E-state index contributed by atoms with van der Waals surface area (Å²) < 4.78 is 44.8. The van der Waals surface area contributed by atoms with Gasteiger partial charge in [-0.25, -0.2) is 12.8 Å². The molecule has 0 radical (unpaired) electrons. The second-order valence-corrected chi connectivity index (χ2v) is 9.56. The van der Waals surface area contributed by atoms with Gasteiger partial charge in [0.1, 0.15) is 0 Å². The molecule has 0 aliphatic carbocycles. The van der Waals surface area contributed by atoms with E-state index in [-0.39, 0.29) is 16.4 Å². The highest BCUT2D eigenvalue weighted by molar-refractivity contribution is 7.91. The van der Waals surface area contributed by atoms with Crippen LogP contribution in [0.1, 0.15) is 36.5 Å². The van der Waals surface area contributed by atoms with Crippen molar-refractivity contribution in [1.82, 2.24) is 0 Å². The molecule has 0 saturated carbocycles. The largest absolute Gasteiger partial charge is 0.494 e. The van der Waals surface area contributed by atoms with Gasteiger partial charge < -0.3 is 9.84 Å². The summed E-state index contributed by atoms with van der Waals surface area (Å²) in [4.78, 5) is 0.223. The molecule has 0 bridgehead atoms. The van der Waals surface area contributed by atoms with Crippen LogP contribution in [0.2, 0.25) is 0 Å². The highest BCUT2D eigenvalue weighted by Gasteiger charge is 2.45. The Hall–Kier alpha value is -1.92. The van der Waals surface area contributed by atoms with Crippen molar-refractivity contribution < 1.29 is 22.7 Å². The number of aryl methyl sites for hydroxylation is 1. The summed E-state index contributed by atoms with van der Waals surface area (Å²) in [7, 11) is -2.19. The van der Waals surface area contributed by atoms with Crippen molar-refractivity contribution in [3.05, 3.63) is 58.9 Å². The van der Waals surface area contributed by atoms with Crippen molar-refractivity contribution >= 4 is 9.84 Å². The lowest BCUT2D eigenvalue weighted by Crippen LogP contribution is -2.38. The van der Waals surface area contributed by atoms with Gasteiger partial charge in [-0.1, -0.05) is 37.6 Å². The molecule has 4 nitrogen and oxygen atoms in total. The van der Waals surface area contributed by atoms with E-state index in [0.29, 0.717) is 11.1 Å². The van der Waals surface area contributed by atoms with Crippen LogP contribution >= 0.6 is 0 Å². The molecule has 0 fully saturated rings. The average molecular weight is 378 g/mol. The van der Waals surface area contributed by atoms with Crippen LogP contribution in [0.4, 0.5) is 4.39 Å². The van der Waals surface area contributed by atoms with Crippen LogP contribution in [0.3, 0.4) is 0 Å². The van der Waals surface area contributed by atoms with Gasteiger partial charge >= 0.3 is 0 Å². The predicted molar refractivity (Wildman–Crippen MR) is 97.8 cm³/mol. The van der Waals surface area contributed by atoms with E-state index in [0.717, 1.165) is 5.56 Å². The van der Waals surface area contributed by atoms with E-state index < -0.39 is 33.1 Å². The average Bonchev–Trinajstić information content (AvgIpc) is 2.60. The first-order chi connectivity index (χ1) is 12.1. The third kappa shape index (κ3) is 3.12. The molecule has 2 aromatic carbocycles. The van der Waals surface area contributed by atoms with E-state index >= 15 is 0 Å². The summed E-state index contributed by atoms with van der Waals surface area (Å²) >= 11 is 0. The SMILES string of the molecule is COc1cc([C@@H]2c3cc(C)ccc3S(=O)(=O)CC(C)(C)[C@@H]2O)ccc1F. The molecule has 0 saturated heterocycles. The smallest absolute Gasteiger partial charge is 0.179 e. The molecule has 3 rings (SSSR count). The van der Waals surface area contributed by atoms with Gasteiger partial charge in [-0.15, -0.1) is 0 Å². The molecule has 0 aromatic heterocycles. The second-order valence-electron chi connectivity index (χ2n) is 7.61. The number of fused-ring (bicyclic) bond motifs is 1. The number of sulfone groups is 1. The fraction of sp³-hybridized carbons (Fsp3) is 0.400. The van der Waals surface area contributed by atoms with Crippen LogP contribution in [0, 0.1) is 18.2 Å². The summed E-state index contributed by atoms with van der Waals surface area (Å²) in [5.74, 6) is -1.21. The van der Waals surface area contributed by atoms with Crippen LogP contribution in [-0.2, 0) is 9.84 Å². The Labute approximate surface area is 153 Å². The number of halogens is 1. The maximum Gasteiger partial charge on any atom is 0.179 e. The van der Waals surface area contributed by atoms with Crippen LogP contribution in [0.25, 0.3) is 0 Å². The fourth-order valence-corrected chi connectivity index (χ4v) is 5.83. The number of aliphatic hydroxyl groups excluding tert-OH is 1. The first-order valence-corrected chi connectivity index (χ1v) is 10.1. The molecule has 2 aromatic rings. The minimum Gasteiger partial charge on any atom is -0.494 e. The molecule has 0 unspecified atom stereocenters. The quantitative estimate of drug-likeness (QED) is 0.869. The first-order valence-electron chi connectivity index (χ1n) is 8.41. The molecule has 26 heavy (non-hydrogen) atoms. The molecular weight excluding hydrogens is 355 g/mol. The molecule has 1 N–H and O–H groups in total. The molecule has 0 amide bonds. The van der Waals surface area contributed by atoms with Crippen molar-refractivity contribution in [1.29, 1.82) is 0 Å². The van der Waals surface area contributed by atoms with Gasteiger partial charge in [-0.2, -0.15) is 0 Å². The third-order valence-electron chi connectivity index (χ3n) is 5.05. The molecule has 6 heteroatoms. The van der Waals surface area contributed by atoms with Crippen LogP contribution < -0.4 is 4.74 Å². The van der Waals surface area contributed by atoms with Crippen molar-refractivity contribution in [2.24, 2.45) is 5.41 Å². The summed E-state index contributed by atoms with van der Waals surface area (Å²) in [6.45, 7) is 5.35. The number of hydrogen-bond donors (Lipinski definition) is 1. The summed E-state index contributed by atoms with van der Waals surface area (Å²) in [5, 5.41) is 11.1. The van der Waals surface area contributed by atoms with Crippen LogP contribution in [-0.4, -0.2) is 32.5 Å². The lowest BCUT2D eigenvalue weighted by Gasteiger charge is -2.33. The Morgan fingerprint density at radius 2 is 1.88 bits per heavy atom. The third-order valence-corrected chi connectivity index (χ3v) is 7.21. The van der Waals surface area contributed by atoms with E-state index in [1.54, 1.807) is 38.1 Å². The Balaban J connectivity index is 2.32. The maximum absolute atomic E-state index is 13.9. The van der Waals surface area contributed by atoms with E-state index in [9.17, 15) is 17.9 Å². The van der Waals surface area contributed by atoms with Crippen LogP contribution in [0.15, 0.2) is 41.3 Å².